The Morgan fingerprint density at radius 1 is 0.672 bits per heavy atom. The van der Waals surface area contributed by atoms with E-state index >= 15 is 0 Å². The topological polar surface area (TPSA) is 166 Å². The number of nitrogens with zero attached hydrogens (tertiary/aromatic N) is 6. The molecule has 356 valence electrons. The van der Waals surface area contributed by atoms with Gasteiger partial charge in [-0.2, -0.15) is 9.97 Å². The van der Waals surface area contributed by atoms with Crippen LogP contribution in [0.1, 0.15) is 70.7 Å². The quantitative estimate of drug-likeness (QED) is 0.115. The molecule has 0 aliphatic carbocycles. The minimum atomic E-state index is -0.808. The number of aliphatic carboxylic acids is 1. The van der Waals surface area contributed by atoms with E-state index in [-0.39, 0.29) is 43.7 Å². The molecule has 0 saturated carbocycles. The molecule has 17 heteroatoms. The average Bonchev–Trinajstić information content (AvgIpc) is 3.85. The third-order valence-electron chi connectivity index (χ3n) is 10.8. The van der Waals surface area contributed by atoms with Gasteiger partial charge in [-0.3, -0.25) is 19.4 Å². The first kappa shape index (κ1) is 50.9. The summed E-state index contributed by atoms with van der Waals surface area (Å²) in [5, 5.41) is 18.5. The Balaban J connectivity index is 0.000000219. The predicted octanol–water partition coefficient (Wildman–Crippen LogP) is 10.3. The largest absolute Gasteiger partial charge is 0.489 e. The van der Waals surface area contributed by atoms with Gasteiger partial charge in [0, 0.05) is 48.4 Å². The van der Waals surface area contributed by atoms with Gasteiger partial charge in [0.05, 0.1) is 35.3 Å². The number of hydrogen-bond acceptors (Lipinski definition) is 13. The minimum absolute atomic E-state index is 0. The van der Waals surface area contributed by atoms with Crippen molar-refractivity contribution in [3.05, 3.63) is 105 Å². The van der Waals surface area contributed by atoms with E-state index in [0.717, 1.165) is 66.6 Å². The molecule has 0 bridgehead atoms. The number of carboxylic acids is 1. The number of halogens is 3. The van der Waals surface area contributed by atoms with Crippen LogP contribution in [0, 0.1) is 0 Å². The summed E-state index contributed by atoms with van der Waals surface area (Å²) in [6.45, 7) is 16.7. The second-order valence-electron chi connectivity index (χ2n) is 17.9. The highest BCUT2D eigenvalue weighted by atomic mass is 35.5. The lowest BCUT2D eigenvalue weighted by molar-refractivity contribution is -0.156. The van der Waals surface area contributed by atoms with E-state index in [9.17, 15) is 9.59 Å². The molecule has 67 heavy (non-hydrogen) atoms. The van der Waals surface area contributed by atoms with Crippen LogP contribution < -0.4 is 9.47 Å². The van der Waals surface area contributed by atoms with Crippen LogP contribution in [0.4, 0.5) is 0 Å². The summed E-state index contributed by atoms with van der Waals surface area (Å²) in [6, 6.07) is 23.0. The molecule has 0 spiro atoms. The summed E-state index contributed by atoms with van der Waals surface area (Å²) in [6.07, 6.45) is 3.19. The first-order chi connectivity index (χ1) is 31.5. The van der Waals surface area contributed by atoms with Gasteiger partial charge in [-0.05, 0) is 133 Å². The van der Waals surface area contributed by atoms with Crippen LogP contribution in [0.25, 0.3) is 45.7 Å². The molecule has 4 heterocycles. The fraction of sp³-hybridized carbons (Fsp3) is 0.400. The standard InChI is InChI=1S/C27H32ClN3O4.C23H24ClN3O4.ClH/c1-17(2)33-23-10-9-19(15-22(23)28)26-29-25(30-35-26)21-8-6-7-18-11-13-31(14-12-20(18)21)16-24(32)34-27(3,4)5;1-14(2)30-20-7-6-16(12-19(20)24)23-25-22(26-31-23)18-5-3-4-15-8-10-27(13-21(28)29)11-9-17(15)18;/h6-10,15,17H,11-14,16H2,1-5H3;3-7,12,14H,8-11,13H2,1-2H3,(H,28,29);1H. The van der Waals surface area contributed by atoms with Crippen molar-refractivity contribution >= 4 is 47.5 Å². The van der Waals surface area contributed by atoms with Gasteiger partial charge < -0.3 is 28.4 Å². The van der Waals surface area contributed by atoms with E-state index in [1.54, 1.807) is 18.2 Å². The third kappa shape index (κ3) is 13.6. The van der Waals surface area contributed by atoms with E-state index < -0.39 is 11.6 Å². The van der Waals surface area contributed by atoms with Crippen molar-refractivity contribution < 1.29 is 38.0 Å². The zero-order chi connectivity index (χ0) is 47.1. The molecule has 0 fully saturated rings. The van der Waals surface area contributed by atoms with Crippen LogP contribution in [0.15, 0.2) is 81.8 Å². The SMILES string of the molecule is CC(C)Oc1ccc(-c2nc(-c3cccc4c3CCN(CC(=O)O)CC4)no2)cc1Cl.CC(C)Oc1ccc(-c2nc(-c3cccc4c3CCN(CC(=O)OC(C)(C)C)CC4)no2)cc1Cl.Cl. The number of fused-ring (bicyclic) bond motifs is 2. The molecule has 1 N–H and O–H groups in total. The Hall–Kier alpha value is -5.51. The molecule has 0 unspecified atom stereocenters. The van der Waals surface area contributed by atoms with Gasteiger partial charge in [-0.15, -0.1) is 12.4 Å². The van der Waals surface area contributed by atoms with Crippen molar-refractivity contribution in [3.63, 3.8) is 0 Å². The third-order valence-corrected chi connectivity index (χ3v) is 11.4. The van der Waals surface area contributed by atoms with Crippen molar-refractivity contribution in [1.82, 2.24) is 30.1 Å². The number of aromatic nitrogens is 4. The molecule has 0 atom stereocenters. The molecule has 2 aromatic heterocycles. The van der Waals surface area contributed by atoms with E-state index in [0.29, 0.717) is 58.1 Å². The van der Waals surface area contributed by atoms with Crippen LogP contribution >= 0.6 is 35.6 Å². The zero-order valence-electron chi connectivity index (χ0n) is 38.8. The average molecular weight is 976 g/mol. The summed E-state index contributed by atoms with van der Waals surface area (Å²) in [7, 11) is 0. The van der Waals surface area contributed by atoms with Gasteiger partial charge in [0.2, 0.25) is 11.6 Å². The molecule has 4 aromatic carbocycles. The second-order valence-corrected chi connectivity index (χ2v) is 18.7. The van der Waals surface area contributed by atoms with Gasteiger partial charge in [0.25, 0.3) is 11.8 Å². The maximum atomic E-state index is 12.3. The molecule has 8 rings (SSSR count). The van der Waals surface area contributed by atoms with Crippen molar-refractivity contribution in [2.24, 2.45) is 0 Å². The lowest BCUT2D eigenvalue weighted by atomic mass is 9.97. The minimum Gasteiger partial charge on any atom is -0.489 e. The number of ether oxygens (including phenoxy) is 3. The molecular formula is C50H57Cl3N6O8. The maximum absolute atomic E-state index is 12.3. The van der Waals surface area contributed by atoms with E-state index in [4.69, 9.17) is 51.6 Å². The fourth-order valence-electron chi connectivity index (χ4n) is 8.00. The number of carbonyl (C=O) groups excluding carboxylic acids is 1. The van der Waals surface area contributed by atoms with Crippen LogP contribution in [-0.2, 0) is 40.0 Å². The number of rotatable bonds is 12. The van der Waals surface area contributed by atoms with Crippen molar-refractivity contribution in [2.45, 2.75) is 92.0 Å². The van der Waals surface area contributed by atoms with Gasteiger partial charge in [0.1, 0.15) is 17.1 Å². The maximum Gasteiger partial charge on any atom is 0.320 e. The van der Waals surface area contributed by atoms with Crippen molar-refractivity contribution in [1.29, 1.82) is 0 Å². The van der Waals surface area contributed by atoms with E-state index in [1.807, 2.05) is 95.8 Å². The molecule has 2 aliphatic heterocycles. The molecule has 14 nitrogen and oxygen atoms in total. The smallest absolute Gasteiger partial charge is 0.320 e. The van der Waals surface area contributed by atoms with Crippen LogP contribution in [0.2, 0.25) is 10.0 Å². The summed E-state index contributed by atoms with van der Waals surface area (Å²) >= 11 is 12.7. The summed E-state index contributed by atoms with van der Waals surface area (Å²) in [4.78, 5) is 36.8. The highest BCUT2D eigenvalue weighted by molar-refractivity contribution is 6.32. The van der Waals surface area contributed by atoms with Crippen molar-refractivity contribution in [3.8, 4) is 57.2 Å². The molecule has 2 aliphatic rings. The van der Waals surface area contributed by atoms with E-state index in [1.165, 1.54) is 16.7 Å². The Morgan fingerprint density at radius 3 is 1.51 bits per heavy atom. The lowest BCUT2D eigenvalue weighted by Gasteiger charge is -2.23. The summed E-state index contributed by atoms with van der Waals surface area (Å²) in [5.74, 6) is 2.05. The Labute approximate surface area is 407 Å². The first-order valence-electron chi connectivity index (χ1n) is 22.2. The zero-order valence-corrected chi connectivity index (χ0v) is 41.1. The number of benzene rings is 4. The van der Waals surface area contributed by atoms with Gasteiger partial charge in [0.15, 0.2) is 0 Å². The predicted molar refractivity (Wildman–Crippen MR) is 260 cm³/mol. The first-order valence-corrected chi connectivity index (χ1v) is 23.0. The summed E-state index contributed by atoms with van der Waals surface area (Å²) in [5.41, 5.74) is 7.57. The molecule has 0 amide bonds. The number of hydrogen-bond donors (Lipinski definition) is 1. The molecule has 6 aromatic rings. The highest BCUT2D eigenvalue weighted by Gasteiger charge is 2.25. The van der Waals surface area contributed by atoms with Gasteiger partial charge >= 0.3 is 11.9 Å². The monoisotopic (exact) mass is 974 g/mol. The highest BCUT2D eigenvalue weighted by Crippen LogP contribution is 2.35. The Morgan fingerprint density at radius 2 is 1.10 bits per heavy atom. The number of carbonyl (C=O) groups is 2. The molecule has 0 saturated heterocycles. The summed E-state index contributed by atoms with van der Waals surface area (Å²) < 4.78 is 28.0. The van der Waals surface area contributed by atoms with Crippen molar-refractivity contribution in [2.75, 3.05) is 39.3 Å². The lowest BCUT2D eigenvalue weighted by Crippen LogP contribution is -2.36. The Bertz CT molecular complexity index is 2660. The number of esters is 1. The molecular weight excluding hydrogens is 919 g/mol. The van der Waals surface area contributed by atoms with Crippen LogP contribution in [-0.4, -0.2) is 104 Å². The second kappa shape index (κ2) is 22.5. The van der Waals surface area contributed by atoms with Crippen LogP contribution in [0.5, 0.6) is 11.5 Å². The van der Waals surface area contributed by atoms with Gasteiger partial charge in [-0.25, -0.2) is 0 Å². The van der Waals surface area contributed by atoms with Gasteiger partial charge in [-0.1, -0.05) is 69.9 Å². The van der Waals surface area contributed by atoms with E-state index in [2.05, 4.69) is 37.3 Å². The van der Waals surface area contributed by atoms with Crippen LogP contribution in [0.3, 0.4) is 0 Å². The fourth-order valence-corrected chi connectivity index (χ4v) is 8.45. The normalized spacial score (nSPS) is 14.2. The molecule has 0 radical (unpaired) electrons. The Kier molecular flexibility index (Phi) is 17.1. The number of carboxylic acid groups (broad SMARTS) is 1.